The molecule has 0 spiro atoms. The fraction of sp³-hybridized carbons (Fsp3) is 0.300. The number of nitrogens with zero attached hydrogens (tertiary/aromatic N) is 1. The Morgan fingerprint density at radius 2 is 2.08 bits per heavy atom. The van der Waals surface area contributed by atoms with Gasteiger partial charge in [0.15, 0.2) is 0 Å². The molecule has 0 unspecified atom stereocenters. The van der Waals surface area contributed by atoms with Crippen LogP contribution in [0.4, 0.5) is 5.69 Å². The monoisotopic (exact) mass is 176 g/mol. The third kappa shape index (κ3) is 1.49. The molecule has 3 heteroatoms. The molecule has 1 fully saturated rings. The van der Waals surface area contributed by atoms with E-state index in [2.05, 4.69) is 0 Å². The van der Waals surface area contributed by atoms with Gasteiger partial charge in [0.2, 0.25) is 5.91 Å². The zero-order chi connectivity index (χ0) is 9.42. The van der Waals surface area contributed by atoms with Crippen LogP contribution in [0.15, 0.2) is 24.3 Å². The minimum atomic E-state index is -0.236. The molecule has 0 radical (unpaired) electrons. The predicted molar refractivity (Wildman–Crippen MR) is 51.5 cm³/mol. The summed E-state index contributed by atoms with van der Waals surface area (Å²) in [6.45, 7) is 2.80. The van der Waals surface area contributed by atoms with Gasteiger partial charge in [-0.3, -0.25) is 4.79 Å². The SMILES string of the molecule is Cc1ccc(N2C[C@H]2C(N)=O)cc1. The number of nitrogens with two attached hydrogens (primary N) is 1. The summed E-state index contributed by atoms with van der Waals surface area (Å²) in [5.74, 6) is -0.236. The average molecular weight is 176 g/mol. The van der Waals surface area contributed by atoms with E-state index in [0.29, 0.717) is 0 Å². The molecular formula is C10H12N2O. The lowest BCUT2D eigenvalue weighted by atomic mass is 10.2. The molecule has 1 aromatic carbocycles. The number of hydrogen-bond donors (Lipinski definition) is 1. The number of amides is 1. The number of rotatable bonds is 2. The molecule has 1 aliphatic rings. The van der Waals surface area contributed by atoms with Crippen LogP contribution in [0.3, 0.4) is 0 Å². The van der Waals surface area contributed by atoms with Crippen molar-refractivity contribution in [3.05, 3.63) is 29.8 Å². The smallest absolute Gasteiger partial charge is 0.241 e. The maximum absolute atomic E-state index is 10.8. The molecule has 0 aromatic heterocycles. The first-order chi connectivity index (χ1) is 6.18. The van der Waals surface area contributed by atoms with Gasteiger partial charge in [0.05, 0.1) is 0 Å². The van der Waals surface area contributed by atoms with Gasteiger partial charge < -0.3 is 10.6 Å². The lowest BCUT2D eigenvalue weighted by Crippen LogP contribution is -2.21. The van der Waals surface area contributed by atoms with E-state index in [9.17, 15) is 4.79 Å². The van der Waals surface area contributed by atoms with Gasteiger partial charge in [-0.05, 0) is 19.1 Å². The lowest BCUT2D eigenvalue weighted by molar-refractivity contribution is -0.117. The van der Waals surface area contributed by atoms with Gasteiger partial charge in [0.25, 0.3) is 0 Å². The van der Waals surface area contributed by atoms with E-state index in [-0.39, 0.29) is 11.9 Å². The first-order valence-corrected chi connectivity index (χ1v) is 4.31. The molecule has 13 heavy (non-hydrogen) atoms. The summed E-state index contributed by atoms with van der Waals surface area (Å²) in [7, 11) is 0. The molecule has 2 N–H and O–H groups in total. The van der Waals surface area contributed by atoms with Crippen LogP contribution in [0.25, 0.3) is 0 Å². The van der Waals surface area contributed by atoms with Gasteiger partial charge in [-0.2, -0.15) is 0 Å². The van der Waals surface area contributed by atoms with E-state index in [4.69, 9.17) is 5.73 Å². The molecule has 1 atom stereocenters. The largest absolute Gasteiger partial charge is 0.368 e. The summed E-state index contributed by atoms with van der Waals surface area (Å²) in [6, 6.07) is 8.01. The van der Waals surface area contributed by atoms with Crippen molar-refractivity contribution in [3.63, 3.8) is 0 Å². The minimum absolute atomic E-state index is 0.0808. The van der Waals surface area contributed by atoms with Crippen molar-refractivity contribution in [1.29, 1.82) is 0 Å². The van der Waals surface area contributed by atoms with Crippen LogP contribution in [0.1, 0.15) is 5.56 Å². The Kier molecular flexibility index (Phi) is 1.72. The Bertz CT molecular complexity index is 331. The van der Waals surface area contributed by atoms with Crippen LogP contribution in [0, 0.1) is 6.92 Å². The van der Waals surface area contributed by atoms with Crippen LogP contribution in [0.5, 0.6) is 0 Å². The summed E-state index contributed by atoms with van der Waals surface area (Å²) in [4.78, 5) is 12.8. The Hall–Kier alpha value is -1.51. The maximum Gasteiger partial charge on any atom is 0.241 e. The maximum atomic E-state index is 10.8. The van der Waals surface area contributed by atoms with Crippen LogP contribution in [-0.4, -0.2) is 18.5 Å². The fourth-order valence-electron chi connectivity index (χ4n) is 1.40. The molecule has 1 saturated heterocycles. The minimum Gasteiger partial charge on any atom is -0.368 e. The average Bonchev–Trinajstić information content (AvgIpc) is 2.85. The number of primary amides is 1. The van der Waals surface area contributed by atoms with E-state index in [0.717, 1.165) is 12.2 Å². The summed E-state index contributed by atoms with van der Waals surface area (Å²) >= 11 is 0. The second kappa shape index (κ2) is 2.76. The van der Waals surface area contributed by atoms with E-state index in [1.54, 1.807) is 0 Å². The summed E-state index contributed by atoms with van der Waals surface area (Å²) in [6.07, 6.45) is 0. The molecular weight excluding hydrogens is 164 g/mol. The summed E-state index contributed by atoms with van der Waals surface area (Å²) < 4.78 is 0. The zero-order valence-electron chi connectivity index (χ0n) is 7.53. The van der Waals surface area contributed by atoms with Gasteiger partial charge in [-0.1, -0.05) is 17.7 Å². The molecule has 1 amide bonds. The molecule has 0 saturated carbocycles. The van der Waals surface area contributed by atoms with Crippen molar-refractivity contribution in [1.82, 2.24) is 0 Å². The van der Waals surface area contributed by atoms with Crippen LogP contribution in [-0.2, 0) is 4.79 Å². The highest BCUT2D eigenvalue weighted by atomic mass is 16.1. The number of aryl methyl sites for hydroxylation is 1. The first kappa shape index (κ1) is 8.10. The summed E-state index contributed by atoms with van der Waals surface area (Å²) in [5.41, 5.74) is 7.48. The quantitative estimate of drug-likeness (QED) is 0.673. The Balaban J connectivity index is 2.12. The normalized spacial score (nSPS) is 20.1. The van der Waals surface area contributed by atoms with E-state index in [1.165, 1.54) is 5.56 Å². The van der Waals surface area contributed by atoms with Crippen molar-refractivity contribution in [2.45, 2.75) is 13.0 Å². The van der Waals surface area contributed by atoms with Crippen LogP contribution >= 0.6 is 0 Å². The molecule has 1 heterocycles. The highest BCUT2D eigenvalue weighted by Crippen LogP contribution is 2.27. The van der Waals surface area contributed by atoms with Crippen molar-refractivity contribution in [3.8, 4) is 0 Å². The molecule has 0 bridgehead atoms. The number of hydrogen-bond acceptors (Lipinski definition) is 2. The van der Waals surface area contributed by atoms with E-state index >= 15 is 0 Å². The highest BCUT2D eigenvalue weighted by Gasteiger charge is 2.38. The topological polar surface area (TPSA) is 46.1 Å². The van der Waals surface area contributed by atoms with Gasteiger partial charge in [-0.25, -0.2) is 0 Å². The fourth-order valence-corrected chi connectivity index (χ4v) is 1.40. The predicted octanol–water partition coefficient (Wildman–Crippen LogP) is 0.669. The van der Waals surface area contributed by atoms with Crippen LogP contribution < -0.4 is 10.6 Å². The Labute approximate surface area is 77.1 Å². The number of anilines is 1. The van der Waals surface area contributed by atoms with Gasteiger partial charge >= 0.3 is 0 Å². The second-order valence-corrected chi connectivity index (χ2v) is 3.41. The molecule has 1 aliphatic heterocycles. The number of carbonyl (C=O) groups excluding carboxylic acids is 1. The highest BCUT2D eigenvalue weighted by molar-refractivity contribution is 5.89. The molecule has 0 aliphatic carbocycles. The van der Waals surface area contributed by atoms with Gasteiger partial charge in [0.1, 0.15) is 6.04 Å². The molecule has 3 nitrogen and oxygen atoms in total. The zero-order valence-corrected chi connectivity index (χ0v) is 7.53. The van der Waals surface area contributed by atoms with E-state index in [1.807, 2.05) is 36.1 Å². The van der Waals surface area contributed by atoms with Crippen molar-refractivity contribution < 1.29 is 4.79 Å². The lowest BCUT2D eigenvalue weighted by Gasteiger charge is -2.03. The van der Waals surface area contributed by atoms with E-state index < -0.39 is 0 Å². The number of carbonyl (C=O) groups is 1. The third-order valence-corrected chi connectivity index (χ3v) is 2.31. The van der Waals surface area contributed by atoms with Crippen molar-refractivity contribution >= 4 is 11.6 Å². The molecule has 68 valence electrons. The molecule has 2 rings (SSSR count). The standard InChI is InChI=1S/C10H12N2O/c1-7-2-4-8(5-3-7)12-6-9(12)10(11)13/h2-5,9H,6H2,1H3,(H2,11,13)/t9-,12?/m0/s1. The third-order valence-electron chi connectivity index (χ3n) is 2.31. The van der Waals surface area contributed by atoms with Crippen molar-refractivity contribution in [2.75, 3.05) is 11.4 Å². The van der Waals surface area contributed by atoms with Crippen LogP contribution in [0.2, 0.25) is 0 Å². The van der Waals surface area contributed by atoms with Gasteiger partial charge in [-0.15, -0.1) is 0 Å². The summed E-state index contributed by atoms with van der Waals surface area (Å²) in [5, 5.41) is 0. The van der Waals surface area contributed by atoms with Gasteiger partial charge in [0, 0.05) is 12.2 Å². The number of benzene rings is 1. The second-order valence-electron chi connectivity index (χ2n) is 3.41. The first-order valence-electron chi connectivity index (χ1n) is 4.31. The Morgan fingerprint density at radius 1 is 1.46 bits per heavy atom. The Morgan fingerprint density at radius 3 is 2.54 bits per heavy atom. The van der Waals surface area contributed by atoms with Crippen molar-refractivity contribution in [2.24, 2.45) is 5.73 Å². The molecule has 1 aromatic rings.